The van der Waals surface area contributed by atoms with E-state index in [1.54, 1.807) is 43.3 Å². The van der Waals surface area contributed by atoms with E-state index in [4.69, 9.17) is 34.8 Å². The molecule has 2 rings (SSSR count). The van der Waals surface area contributed by atoms with Gasteiger partial charge in [0.25, 0.3) is 0 Å². The topological polar surface area (TPSA) is 86.8 Å². The number of hydrogen-bond donors (Lipinski definition) is 1. The summed E-state index contributed by atoms with van der Waals surface area (Å²) in [7, 11) is -3.83. The molecule has 7 nitrogen and oxygen atoms in total. The lowest BCUT2D eigenvalue weighted by Gasteiger charge is -2.31. The molecule has 0 aliphatic carbocycles. The predicted molar refractivity (Wildman–Crippen MR) is 138 cm³/mol. The maximum absolute atomic E-state index is 13.5. The van der Waals surface area contributed by atoms with Crippen molar-refractivity contribution >= 4 is 62.3 Å². The molecule has 0 unspecified atom stereocenters. The van der Waals surface area contributed by atoms with Crippen LogP contribution in [0.25, 0.3) is 0 Å². The van der Waals surface area contributed by atoms with Gasteiger partial charge in [0.1, 0.15) is 12.6 Å². The van der Waals surface area contributed by atoms with E-state index in [0.29, 0.717) is 27.2 Å². The van der Waals surface area contributed by atoms with Gasteiger partial charge in [0.2, 0.25) is 21.8 Å². The Labute approximate surface area is 216 Å². The van der Waals surface area contributed by atoms with Crippen LogP contribution < -0.4 is 9.62 Å². The van der Waals surface area contributed by atoms with Gasteiger partial charge in [-0.05, 0) is 49.2 Å². The summed E-state index contributed by atoms with van der Waals surface area (Å²) in [4.78, 5) is 27.5. The van der Waals surface area contributed by atoms with E-state index < -0.39 is 28.5 Å². The van der Waals surface area contributed by atoms with Crippen molar-refractivity contribution < 1.29 is 18.0 Å². The van der Waals surface area contributed by atoms with Crippen molar-refractivity contribution in [3.8, 4) is 0 Å². The van der Waals surface area contributed by atoms with E-state index >= 15 is 0 Å². The summed E-state index contributed by atoms with van der Waals surface area (Å²) in [6.07, 6.45) is 2.70. The van der Waals surface area contributed by atoms with E-state index in [9.17, 15) is 18.0 Å². The van der Waals surface area contributed by atoms with Crippen LogP contribution >= 0.6 is 34.8 Å². The van der Waals surface area contributed by atoms with Crippen molar-refractivity contribution in [1.29, 1.82) is 0 Å². The second-order valence-corrected chi connectivity index (χ2v) is 11.0. The molecule has 11 heteroatoms. The highest BCUT2D eigenvalue weighted by Gasteiger charge is 2.30. The van der Waals surface area contributed by atoms with Crippen LogP contribution in [0.1, 0.15) is 32.3 Å². The van der Waals surface area contributed by atoms with Gasteiger partial charge in [-0.1, -0.05) is 60.3 Å². The Morgan fingerprint density at radius 2 is 1.74 bits per heavy atom. The van der Waals surface area contributed by atoms with Gasteiger partial charge in [-0.2, -0.15) is 0 Å². The largest absolute Gasteiger partial charge is 0.354 e. The highest BCUT2D eigenvalue weighted by atomic mass is 35.5. The van der Waals surface area contributed by atoms with Crippen molar-refractivity contribution in [1.82, 2.24) is 10.2 Å². The molecule has 186 valence electrons. The van der Waals surface area contributed by atoms with Gasteiger partial charge >= 0.3 is 0 Å². The van der Waals surface area contributed by atoms with Crippen LogP contribution in [0.5, 0.6) is 0 Å². The van der Waals surface area contributed by atoms with Crippen LogP contribution in [0.3, 0.4) is 0 Å². The molecule has 2 aromatic rings. The summed E-state index contributed by atoms with van der Waals surface area (Å²) in [6.45, 7) is 3.54. The van der Waals surface area contributed by atoms with Gasteiger partial charge < -0.3 is 10.2 Å². The molecule has 0 aromatic heterocycles. The summed E-state index contributed by atoms with van der Waals surface area (Å²) in [5, 5.41) is 3.90. The van der Waals surface area contributed by atoms with Gasteiger partial charge in [0.05, 0.1) is 11.9 Å². The van der Waals surface area contributed by atoms with Gasteiger partial charge in [-0.3, -0.25) is 13.9 Å². The number of hydrogen-bond acceptors (Lipinski definition) is 4. The number of amides is 2. The maximum atomic E-state index is 13.5. The third-order valence-corrected chi connectivity index (χ3v) is 7.09. The number of carbonyl (C=O) groups is 2. The highest BCUT2D eigenvalue weighted by molar-refractivity contribution is 7.92. The van der Waals surface area contributed by atoms with Crippen LogP contribution in [0, 0.1) is 0 Å². The zero-order chi connectivity index (χ0) is 25.5. The number of nitrogens with zero attached hydrogens (tertiary/aromatic N) is 2. The number of nitrogens with one attached hydrogen (secondary N) is 1. The predicted octanol–water partition coefficient (Wildman–Crippen LogP) is 4.75. The van der Waals surface area contributed by atoms with Crippen molar-refractivity contribution in [3.05, 3.63) is 63.1 Å². The minimum absolute atomic E-state index is 0.00958. The third-order valence-electron chi connectivity index (χ3n) is 5.13. The van der Waals surface area contributed by atoms with Crippen molar-refractivity contribution in [2.24, 2.45) is 0 Å². The van der Waals surface area contributed by atoms with E-state index in [-0.39, 0.29) is 18.1 Å². The smallest absolute Gasteiger partial charge is 0.244 e. The molecule has 2 amide bonds. The average Bonchev–Trinajstić information content (AvgIpc) is 2.75. The lowest BCUT2D eigenvalue weighted by molar-refractivity contribution is -0.139. The first-order chi connectivity index (χ1) is 15.9. The van der Waals surface area contributed by atoms with Crippen LogP contribution in [0.15, 0.2) is 42.5 Å². The zero-order valence-corrected chi connectivity index (χ0v) is 22.3. The molecule has 0 saturated heterocycles. The lowest BCUT2D eigenvalue weighted by atomic mass is 10.1. The number of unbranched alkanes of at least 4 members (excludes halogenated alkanes) is 1. The molecule has 1 N–H and O–H groups in total. The summed E-state index contributed by atoms with van der Waals surface area (Å²) >= 11 is 18.3. The Morgan fingerprint density at radius 3 is 2.32 bits per heavy atom. The van der Waals surface area contributed by atoms with Crippen molar-refractivity contribution in [2.45, 2.75) is 39.3 Å². The number of rotatable bonds is 11. The first kappa shape index (κ1) is 28.2. The fraction of sp³-hybridized carbons (Fsp3) is 0.391. The SMILES string of the molecule is CCCCNC(=O)[C@H](C)N(Cc1ccc(Cl)cc1Cl)C(=O)CN(c1cccc(Cl)c1)S(C)(=O)=O. The minimum Gasteiger partial charge on any atom is -0.354 e. The summed E-state index contributed by atoms with van der Waals surface area (Å²) < 4.78 is 26.0. The van der Waals surface area contributed by atoms with Gasteiger partial charge in [0.15, 0.2) is 0 Å². The first-order valence-electron chi connectivity index (χ1n) is 10.7. The maximum Gasteiger partial charge on any atom is 0.244 e. The van der Waals surface area contributed by atoms with Crippen molar-refractivity contribution in [3.63, 3.8) is 0 Å². The van der Waals surface area contributed by atoms with Crippen molar-refractivity contribution in [2.75, 3.05) is 23.7 Å². The zero-order valence-electron chi connectivity index (χ0n) is 19.2. The Kier molecular flexibility index (Phi) is 10.5. The molecule has 0 aliphatic rings. The van der Waals surface area contributed by atoms with Gasteiger partial charge in [-0.15, -0.1) is 0 Å². The normalized spacial score (nSPS) is 12.2. The molecule has 1 atom stereocenters. The number of anilines is 1. The molecular weight excluding hydrogens is 521 g/mol. The molecule has 0 fully saturated rings. The first-order valence-corrected chi connectivity index (χ1v) is 13.7. The quantitative estimate of drug-likeness (QED) is 0.411. The molecule has 2 aromatic carbocycles. The average molecular weight is 549 g/mol. The summed E-state index contributed by atoms with van der Waals surface area (Å²) in [5.41, 5.74) is 0.814. The number of sulfonamides is 1. The molecule has 34 heavy (non-hydrogen) atoms. The summed E-state index contributed by atoms with van der Waals surface area (Å²) in [6, 6.07) is 10.2. The summed E-state index contributed by atoms with van der Waals surface area (Å²) in [5.74, 6) is -0.921. The third kappa shape index (κ3) is 8.05. The molecule has 0 spiro atoms. The van der Waals surface area contributed by atoms with E-state index in [0.717, 1.165) is 23.4 Å². The fourth-order valence-electron chi connectivity index (χ4n) is 3.20. The standard InChI is InChI=1S/C23H28Cl3N3O4S/c1-4-5-11-27-23(31)16(2)28(14-17-9-10-19(25)13-21(17)26)22(30)15-29(34(3,32)33)20-8-6-7-18(24)12-20/h6-10,12-13,16H,4-5,11,14-15H2,1-3H3,(H,27,31)/t16-/m0/s1. The number of halogens is 3. The number of carbonyl (C=O) groups excluding carboxylic acids is 2. The monoisotopic (exact) mass is 547 g/mol. The highest BCUT2D eigenvalue weighted by Crippen LogP contribution is 2.25. The molecule has 0 heterocycles. The second kappa shape index (κ2) is 12.6. The molecule has 0 saturated carbocycles. The Balaban J connectivity index is 2.38. The lowest BCUT2D eigenvalue weighted by Crippen LogP contribution is -2.51. The van der Waals surface area contributed by atoms with Gasteiger partial charge in [-0.25, -0.2) is 8.42 Å². The second-order valence-electron chi connectivity index (χ2n) is 7.83. The van der Waals surface area contributed by atoms with Crippen LogP contribution in [0.2, 0.25) is 15.1 Å². The van der Waals surface area contributed by atoms with E-state index in [1.165, 1.54) is 11.0 Å². The Bertz CT molecular complexity index is 1130. The van der Waals surface area contributed by atoms with Gasteiger partial charge in [0, 0.05) is 28.2 Å². The molecule has 0 radical (unpaired) electrons. The fourth-order valence-corrected chi connectivity index (χ4v) is 4.69. The van der Waals surface area contributed by atoms with Crippen LogP contribution in [0.4, 0.5) is 5.69 Å². The van der Waals surface area contributed by atoms with E-state index in [1.807, 2.05) is 6.92 Å². The van der Waals surface area contributed by atoms with Crippen LogP contribution in [-0.4, -0.2) is 50.5 Å². The number of benzene rings is 2. The Hall–Kier alpha value is -2.00. The molecule has 0 aliphatic heterocycles. The van der Waals surface area contributed by atoms with Crippen LogP contribution in [-0.2, 0) is 26.2 Å². The van der Waals surface area contributed by atoms with E-state index in [2.05, 4.69) is 5.32 Å². The molecular formula is C23H28Cl3N3O4S. The molecule has 0 bridgehead atoms. The Morgan fingerprint density at radius 1 is 1.06 bits per heavy atom. The minimum atomic E-state index is -3.83.